The van der Waals surface area contributed by atoms with Gasteiger partial charge < -0.3 is 10.0 Å². The van der Waals surface area contributed by atoms with E-state index >= 15 is 0 Å². The van der Waals surface area contributed by atoms with Crippen molar-refractivity contribution < 1.29 is 9.50 Å². The molecule has 0 fully saturated rings. The molecule has 2 nitrogen and oxygen atoms in total. The van der Waals surface area contributed by atoms with Gasteiger partial charge in [-0.15, -0.1) is 0 Å². The zero-order valence-corrected chi connectivity index (χ0v) is 13.8. The molecule has 1 aromatic carbocycles. The maximum absolute atomic E-state index is 13.7. The number of halogens is 1. The van der Waals surface area contributed by atoms with Gasteiger partial charge in [0.2, 0.25) is 0 Å². The van der Waals surface area contributed by atoms with E-state index in [9.17, 15) is 9.50 Å². The largest absolute Gasteiger partial charge is 0.387 e. The zero-order valence-electron chi connectivity index (χ0n) is 13.8. The molecule has 1 N–H and O–H groups in total. The molecule has 0 aliphatic rings. The molecule has 3 heteroatoms. The van der Waals surface area contributed by atoms with Gasteiger partial charge in [-0.05, 0) is 43.8 Å². The summed E-state index contributed by atoms with van der Waals surface area (Å²) in [4.78, 5) is 2.26. The fraction of sp³-hybridized carbons (Fsp3) is 0.667. The summed E-state index contributed by atoms with van der Waals surface area (Å²) in [5.41, 5.74) is 0.400. The van der Waals surface area contributed by atoms with E-state index in [1.165, 1.54) is 6.07 Å². The first-order valence-electron chi connectivity index (χ1n) is 8.05. The number of aliphatic hydroxyl groups excluding tert-OH is 1. The molecule has 0 heterocycles. The third-order valence-electron chi connectivity index (χ3n) is 3.74. The summed E-state index contributed by atoms with van der Waals surface area (Å²) in [6.07, 6.45) is 1.44. The van der Waals surface area contributed by atoms with Gasteiger partial charge >= 0.3 is 0 Å². The number of benzene rings is 1. The van der Waals surface area contributed by atoms with Crippen molar-refractivity contribution in [1.82, 2.24) is 4.90 Å². The van der Waals surface area contributed by atoms with Gasteiger partial charge in [0.05, 0.1) is 6.10 Å². The standard InChI is InChI=1S/C18H30FNO/c1-14(2)9-11-20(12-10-15(3)4)13-18(21)16-7-5-6-8-17(16)19/h5-8,14-15,18,21H,9-13H2,1-4H3. The van der Waals surface area contributed by atoms with Crippen molar-refractivity contribution in [2.45, 2.75) is 46.6 Å². The molecular weight excluding hydrogens is 265 g/mol. The fourth-order valence-corrected chi connectivity index (χ4v) is 2.26. The van der Waals surface area contributed by atoms with Gasteiger partial charge in [-0.1, -0.05) is 45.9 Å². The second-order valence-electron chi connectivity index (χ2n) is 6.70. The number of nitrogens with zero attached hydrogens (tertiary/aromatic N) is 1. The van der Waals surface area contributed by atoms with Gasteiger partial charge in [0.1, 0.15) is 5.82 Å². The predicted octanol–water partition coefficient (Wildman–Crippen LogP) is 4.25. The lowest BCUT2D eigenvalue weighted by molar-refractivity contribution is 0.104. The number of hydrogen-bond donors (Lipinski definition) is 1. The first-order chi connectivity index (χ1) is 9.90. The first kappa shape index (κ1) is 18.1. The molecule has 0 aliphatic heterocycles. The molecule has 1 atom stereocenters. The molecule has 120 valence electrons. The highest BCUT2D eigenvalue weighted by Crippen LogP contribution is 2.19. The second kappa shape index (κ2) is 9.16. The van der Waals surface area contributed by atoms with Gasteiger partial charge in [0.25, 0.3) is 0 Å². The Morgan fingerprint density at radius 2 is 1.52 bits per heavy atom. The lowest BCUT2D eigenvalue weighted by atomic mass is 10.1. The number of hydrogen-bond acceptors (Lipinski definition) is 2. The average molecular weight is 295 g/mol. The molecule has 0 aliphatic carbocycles. The Bertz CT molecular complexity index is 394. The number of aliphatic hydroxyl groups is 1. The fourth-order valence-electron chi connectivity index (χ4n) is 2.26. The van der Waals surface area contributed by atoms with Gasteiger partial charge in [0.15, 0.2) is 0 Å². The summed E-state index contributed by atoms with van der Waals surface area (Å²) in [5, 5.41) is 10.3. The molecule has 0 radical (unpaired) electrons. The van der Waals surface area contributed by atoms with Crippen molar-refractivity contribution in [1.29, 1.82) is 0 Å². The highest BCUT2D eigenvalue weighted by atomic mass is 19.1. The van der Waals surface area contributed by atoms with Crippen molar-refractivity contribution >= 4 is 0 Å². The maximum atomic E-state index is 13.7. The van der Waals surface area contributed by atoms with E-state index in [2.05, 4.69) is 32.6 Å². The Hall–Kier alpha value is -0.930. The molecule has 0 bridgehead atoms. The van der Waals surface area contributed by atoms with Gasteiger partial charge in [-0.3, -0.25) is 0 Å². The Morgan fingerprint density at radius 1 is 1.00 bits per heavy atom. The summed E-state index contributed by atoms with van der Waals surface area (Å²) in [7, 11) is 0. The quantitative estimate of drug-likeness (QED) is 0.736. The molecule has 1 unspecified atom stereocenters. The summed E-state index contributed by atoms with van der Waals surface area (Å²) < 4.78 is 13.7. The van der Waals surface area contributed by atoms with Crippen LogP contribution in [-0.2, 0) is 0 Å². The maximum Gasteiger partial charge on any atom is 0.129 e. The summed E-state index contributed by atoms with van der Waals surface area (Å²) in [6.45, 7) is 11.2. The van der Waals surface area contributed by atoms with Crippen LogP contribution in [0.25, 0.3) is 0 Å². The topological polar surface area (TPSA) is 23.5 Å². The van der Waals surface area contributed by atoms with Crippen LogP contribution >= 0.6 is 0 Å². The SMILES string of the molecule is CC(C)CCN(CCC(C)C)CC(O)c1ccccc1F. The van der Waals surface area contributed by atoms with Crippen LogP contribution in [0, 0.1) is 17.7 Å². The molecule has 0 saturated heterocycles. The molecule has 0 aromatic heterocycles. The van der Waals surface area contributed by atoms with Gasteiger partial charge in [0, 0.05) is 12.1 Å². The van der Waals surface area contributed by atoms with Gasteiger partial charge in [-0.2, -0.15) is 0 Å². The summed E-state index contributed by atoms with van der Waals surface area (Å²) in [6, 6.07) is 6.50. The lowest BCUT2D eigenvalue weighted by Gasteiger charge is -2.27. The molecule has 21 heavy (non-hydrogen) atoms. The first-order valence-corrected chi connectivity index (χ1v) is 8.05. The molecule has 0 spiro atoms. The predicted molar refractivity (Wildman–Crippen MR) is 86.7 cm³/mol. The molecule has 1 aromatic rings. The average Bonchev–Trinajstić information content (AvgIpc) is 2.41. The van der Waals surface area contributed by atoms with Crippen LogP contribution < -0.4 is 0 Å². The van der Waals surface area contributed by atoms with Crippen LogP contribution in [0.5, 0.6) is 0 Å². The summed E-state index contributed by atoms with van der Waals surface area (Å²) in [5.74, 6) is 0.951. The lowest BCUT2D eigenvalue weighted by Crippen LogP contribution is -2.32. The van der Waals surface area contributed by atoms with Crippen LogP contribution in [0.1, 0.15) is 52.2 Å². The van der Waals surface area contributed by atoms with Crippen molar-refractivity contribution in [3.8, 4) is 0 Å². The highest BCUT2D eigenvalue weighted by Gasteiger charge is 2.17. The van der Waals surface area contributed by atoms with E-state index in [0.717, 1.165) is 25.9 Å². The minimum atomic E-state index is -0.759. The van der Waals surface area contributed by atoms with Crippen molar-refractivity contribution in [2.24, 2.45) is 11.8 Å². The molecule has 1 rings (SSSR count). The van der Waals surface area contributed by atoms with Crippen LogP contribution in [-0.4, -0.2) is 29.6 Å². The van der Waals surface area contributed by atoms with Crippen LogP contribution in [0.15, 0.2) is 24.3 Å². The molecule has 0 saturated carbocycles. The Balaban J connectivity index is 2.63. The molecular formula is C18H30FNO. The van der Waals surface area contributed by atoms with Crippen molar-refractivity contribution in [3.63, 3.8) is 0 Å². The zero-order chi connectivity index (χ0) is 15.8. The normalized spacial score (nSPS) is 13.4. The van der Waals surface area contributed by atoms with Crippen LogP contribution in [0.2, 0.25) is 0 Å². The van der Waals surface area contributed by atoms with E-state index in [4.69, 9.17) is 0 Å². The molecule has 0 amide bonds. The Morgan fingerprint density at radius 3 is 2.00 bits per heavy atom. The Kier molecular flexibility index (Phi) is 7.91. The third kappa shape index (κ3) is 7.05. The third-order valence-corrected chi connectivity index (χ3v) is 3.74. The highest BCUT2D eigenvalue weighted by molar-refractivity contribution is 5.20. The van der Waals surface area contributed by atoms with Crippen molar-refractivity contribution in [2.75, 3.05) is 19.6 Å². The van der Waals surface area contributed by atoms with E-state index in [1.807, 2.05) is 0 Å². The van der Waals surface area contributed by atoms with Crippen LogP contribution in [0.4, 0.5) is 4.39 Å². The Labute approximate surface area is 129 Å². The smallest absolute Gasteiger partial charge is 0.129 e. The summed E-state index contributed by atoms with van der Waals surface area (Å²) >= 11 is 0. The van der Waals surface area contributed by atoms with Crippen LogP contribution in [0.3, 0.4) is 0 Å². The minimum Gasteiger partial charge on any atom is -0.387 e. The van der Waals surface area contributed by atoms with Gasteiger partial charge in [-0.25, -0.2) is 4.39 Å². The van der Waals surface area contributed by atoms with E-state index in [1.54, 1.807) is 18.2 Å². The van der Waals surface area contributed by atoms with E-state index < -0.39 is 6.10 Å². The number of rotatable bonds is 9. The van der Waals surface area contributed by atoms with E-state index in [0.29, 0.717) is 23.9 Å². The minimum absolute atomic E-state index is 0.322. The van der Waals surface area contributed by atoms with Crippen molar-refractivity contribution in [3.05, 3.63) is 35.6 Å². The second-order valence-corrected chi connectivity index (χ2v) is 6.70. The monoisotopic (exact) mass is 295 g/mol. The van der Waals surface area contributed by atoms with E-state index in [-0.39, 0.29) is 5.82 Å².